The number of nitrogens with zero attached hydrogens (tertiary/aromatic N) is 1. The van der Waals surface area contributed by atoms with Gasteiger partial charge >= 0.3 is 0 Å². The number of unbranched alkanes of at least 4 members (excludes halogenated alkanes) is 1. The van der Waals surface area contributed by atoms with Crippen LogP contribution in [0.15, 0.2) is 65.6 Å². The zero-order valence-corrected chi connectivity index (χ0v) is 25.6. The van der Waals surface area contributed by atoms with E-state index in [0.29, 0.717) is 30.2 Å². The second kappa shape index (κ2) is 13.3. The molecule has 8 nitrogen and oxygen atoms in total. The minimum absolute atomic E-state index is 0.105. The average molecular weight is 580 g/mol. The van der Waals surface area contributed by atoms with Crippen LogP contribution in [0.5, 0.6) is 5.75 Å². The molecule has 0 radical (unpaired) electrons. The van der Waals surface area contributed by atoms with Crippen molar-refractivity contribution < 1.29 is 22.7 Å². The van der Waals surface area contributed by atoms with Crippen molar-refractivity contribution in [2.45, 2.75) is 77.7 Å². The molecule has 0 aromatic heterocycles. The van der Waals surface area contributed by atoms with Crippen LogP contribution in [0.3, 0.4) is 0 Å². The number of anilines is 2. The van der Waals surface area contributed by atoms with Gasteiger partial charge in [-0.25, -0.2) is 13.6 Å². The van der Waals surface area contributed by atoms with Crippen LogP contribution in [-0.2, 0) is 31.6 Å². The molecule has 0 unspecified atom stereocenters. The monoisotopic (exact) mass is 579 g/mol. The Kier molecular flexibility index (Phi) is 10.3. The lowest BCUT2D eigenvalue weighted by Crippen LogP contribution is -2.39. The van der Waals surface area contributed by atoms with Crippen molar-refractivity contribution in [2.75, 3.05) is 16.8 Å². The summed E-state index contributed by atoms with van der Waals surface area (Å²) in [5.41, 5.74) is 3.96. The molecule has 0 aliphatic heterocycles. The van der Waals surface area contributed by atoms with Gasteiger partial charge in [0.1, 0.15) is 18.9 Å². The average Bonchev–Trinajstić information content (AvgIpc) is 2.90. The number of nitrogens with two attached hydrogens (primary N) is 1. The van der Waals surface area contributed by atoms with Crippen LogP contribution in [0.2, 0.25) is 0 Å². The molecule has 0 spiro atoms. The van der Waals surface area contributed by atoms with Crippen LogP contribution in [0.25, 0.3) is 0 Å². The first-order valence-electron chi connectivity index (χ1n) is 13.8. The number of rotatable bonds is 11. The minimum atomic E-state index is -3.98. The van der Waals surface area contributed by atoms with Gasteiger partial charge in [0.05, 0.1) is 10.6 Å². The van der Waals surface area contributed by atoms with E-state index in [0.717, 1.165) is 28.7 Å². The summed E-state index contributed by atoms with van der Waals surface area (Å²) >= 11 is 0. The highest BCUT2D eigenvalue weighted by Gasteiger charge is 2.25. The number of ether oxygens (including phenoxy) is 1. The van der Waals surface area contributed by atoms with E-state index in [9.17, 15) is 18.0 Å². The molecule has 0 saturated heterocycles. The molecule has 0 aliphatic carbocycles. The van der Waals surface area contributed by atoms with Crippen molar-refractivity contribution in [3.8, 4) is 5.75 Å². The van der Waals surface area contributed by atoms with E-state index >= 15 is 0 Å². The van der Waals surface area contributed by atoms with Crippen LogP contribution < -0.4 is 20.1 Å². The van der Waals surface area contributed by atoms with Gasteiger partial charge in [0.15, 0.2) is 0 Å². The summed E-state index contributed by atoms with van der Waals surface area (Å²) in [4.78, 5) is 28.3. The van der Waals surface area contributed by atoms with Crippen molar-refractivity contribution in [1.82, 2.24) is 0 Å². The molecule has 3 aromatic rings. The maximum atomic E-state index is 13.5. The first kappa shape index (κ1) is 31.8. The molecule has 0 atom stereocenters. The Bertz CT molecular complexity index is 1500. The van der Waals surface area contributed by atoms with Crippen molar-refractivity contribution in [3.63, 3.8) is 0 Å². The Hall–Kier alpha value is -3.69. The summed E-state index contributed by atoms with van der Waals surface area (Å²) in [5.74, 6) is 0.0202. The SMILES string of the molecule is CCCCC(=O)N(CC(=O)Nc1cc(S(N)(=O)=O)ccc1C(C)(C)C)c1ccc(C)c(OCc2ccccc2)c1C. The predicted octanol–water partition coefficient (Wildman–Crippen LogP) is 5.99. The van der Waals surface area contributed by atoms with E-state index in [4.69, 9.17) is 9.88 Å². The van der Waals surface area contributed by atoms with Gasteiger partial charge in [0.2, 0.25) is 21.8 Å². The van der Waals surface area contributed by atoms with Gasteiger partial charge in [-0.1, -0.05) is 76.6 Å². The topological polar surface area (TPSA) is 119 Å². The quantitative estimate of drug-likeness (QED) is 0.289. The molecular formula is C32H41N3O5S. The third-order valence-corrected chi connectivity index (χ3v) is 7.75. The fraction of sp³-hybridized carbons (Fsp3) is 0.375. The number of primary sulfonamides is 1. The maximum absolute atomic E-state index is 13.5. The van der Waals surface area contributed by atoms with Gasteiger partial charge < -0.3 is 15.0 Å². The van der Waals surface area contributed by atoms with Crippen LogP contribution in [0.4, 0.5) is 11.4 Å². The molecule has 0 heterocycles. The van der Waals surface area contributed by atoms with Crippen molar-refractivity contribution in [1.29, 1.82) is 0 Å². The third-order valence-electron chi connectivity index (χ3n) is 6.84. The number of benzene rings is 3. The standard InChI is InChI=1S/C32H41N3O5S/c1-7-8-14-30(37)35(28-18-15-22(2)31(23(28)3)40-21-24-12-10-9-11-13-24)20-29(36)34-27-19-25(41(33,38)39)16-17-26(27)32(4,5)6/h9-13,15-19H,7-8,14,20-21H2,1-6H3,(H,34,36)(H2,33,38,39). The number of carbonyl (C=O) groups excluding carboxylic acids is 2. The number of hydrogen-bond donors (Lipinski definition) is 2. The molecule has 220 valence electrons. The lowest BCUT2D eigenvalue weighted by atomic mass is 9.86. The van der Waals surface area contributed by atoms with Gasteiger partial charge in [-0.15, -0.1) is 0 Å². The van der Waals surface area contributed by atoms with Gasteiger partial charge in [0, 0.05) is 17.7 Å². The van der Waals surface area contributed by atoms with E-state index in [1.54, 1.807) is 6.07 Å². The van der Waals surface area contributed by atoms with E-state index in [-0.39, 0.29) is 23.8 Å². The first-order chi connectivity index (χ1) is 19.2. The molecule has 2 amide bonds. The van der Waals surface area contributed by atoms with E-state index in [2.05, 4.69) is 5.32 Å². The van der Waals surface area contributed by atoms with Crippen molar-refractivity contribution in [2.24, 2.45) is 5.14 Å². The highest BCUT2D eigenvalue weighted by molar-refractivity contribution is 7.89. The van der Waals surface area contributed by atoms with Crippen LogP contribution >= 0.6 is 0 Å². The van der Waals surface area contributed by atoms with Crippen LogP contribution in [0.1, 0.15) is 69.2 Å². The molecule has 0 fully saturated rings. The van der Waals surface area contributed by atoms with Gasteiger partial charge in [-0.3, -0.25) is 9.59 Å². The minimum Gasteiger partial charge on any atom is -0.488 e. The highest BCUT2D eigenvalue weighted by Crippen LogP contribution is 2.34. The predicted molar refractivity (Wildman–Crippen MR) is 164 cm³/mol. The fourth-order valence-corrected chi connectivity index (χ4v) is 5.16. The Morgan fingerprint density at radius 2 is 1.68 bits per heavy atom. The summed E-state index contributed by atoms with van der Waals surface area (Å²) < 4.78 is 30.2. The largest absolute Gasteiger partial charge is 0.488 e. The van der Waals surface area contributed by atoms with Crippen LogP contribution in [-0.4, -0.2) is 26.8 Å². The number of nitrogens with one attached hydrogen (secondary N) is 1. The number of sulfonamides is 1. The molecule has 0 aliphatic rings. The normalized spacial score (nSPS) is 11.7. The number of aryl methyl sites for hydroxylation is 1. The van der Waals surface area contributed by atoms with Crippen LogP contribution in [0, 0.1) is 13.8 Å². The lowest BCUT2D eigenvalue weighted by molar-refractivity contribution is -0.121. The summed E-state index contributed by atoms with van der Waals surface area (Å²) in [5, 5.41) is 8.21. The Morgan fingerprint density at radius 1 is 1.00 bits per heavy atom. The first-order valence-corrected chi connectivity index (χ1v) is 15.3. The zero-order chi connectivity index (χ0) is 30.4. The molecule has 3 N–H and O–H groups in total. The Labute approximate surface area is 244 Å². The van der Waals surface area contributed by atoms with E-state index < -0.39 is 21.3 Å². The smallest absolute Gasteiger partial charge is 0.244 e. The number of amides is 2. The van der Waals surface area contributed by atoms with Crippen molar-refractivity contribution >= 4 is 33.2 Å². The molecule has 41 heavy (non-hydrogen) atoms. The summed E-state index contributed by atoms with van der Waals surface area (Å²) in [7, 11) is -3.98. The summed E-state index contributed by atoms with van der Waals surface area (Å²) in [6.07, 6.45) is 1.80. The fourth-order valence-electron chi connectivity index (χ4n) is 4.62. The van der Waals surface area contributed by atoms with Gasteiger partial charge in [-0.2, -0.15) is 0 Å². The lowest BCUT2D eigenvalue weighted by Gasteiger charge is -2.27. The van der Waals surface area contributed by atoms with E-state index in [1.807, 2.05) is 84.0 Å². The summed E-state index contributed by atoms with van der Waals surface area (Å²) in [6, 6.07) is 18.0. The van der Waals surface area contributed by atoms with E-state index in [1.165, 1.54) is 17.0 Å². The molecule has 9 heteroatoms. The zero-order valence-electron chi connectivity index (χ0n) is 24.8. The Balaban J connectivity index is 1.96. The summed E-state index contributed by atoms with van der Waals surface area (Å²) in [6.45, 7) is 11.8. The maximum Gasteiger partial charge on any atom is 0.244 e. The molecule has 3 rings (SSSR count). The molecule has 0 saturated carbocycles. The highest BCUT2D eigenvalue weighted by atomic mass is 32.2. The van der Waals surface area contributed by atoms with Gasteiger partial charge in [-0.05, 0) is 60.6 Å². The molecule has 3 aromatic carbocycles. The number of carbonyl (C=O) groups is 2. The van der Waals surface area contributed by atoms with Gasteiger partial charge in [0.25, 0.3) is 0 Å². The molecular weight excluding hydrogens is 538 g/mol. The second-order valence-electron chi connectivity index (χ2n) is 11.3. The molecule has 0 bridgehead atoms. The number of hydrogen-bond acceptors (Lipinski definition) is 5. The third kappa shape index (κ3) is 8.41. The second-order valence-corrected chi connectivity index (χ2v) is 12.8. The Morgan fingerprint density at radius 3 is 2.29 bits per heavy atom. The van der Waals surface area contributed by atoms with Crippen molar-refractivity contribution in [3.05, 3.63) is 82.9 Å².